The van der Waals surface area contributed by atoms with Gasteiger partial charge < -0.3 is 20.1 Å². The summed E-state index contributed by atoms with van der Waals surface area (Å²) in [6.45, 7) is 6.03. The molecule has 2 rings (SSSR count). The molecule has 5 nitrogen and oxygen atoms in total. The second kappa shape index (κ2) is 7.41. The molecular formula is C15H22ClN3O2. The summed E-state index contributed by atoms with van der Waals surface area (Å²) in [5.74, 6) is 2.18. The number of hydrogen-bond acceptors (Lipinski definition) is 3. The number of rotatable bonds is 4. The van der Waals surface area contributed by atoms with E-state index < -0.39 is 0 Å². The number of halogens is 1. The molecule has 116 valence electrons. The predicted octanol–water partition coefficient (Wildman–Crippen LogP) is 2.23. The summed E-state index contributed by atoms with van der Waals surface area (Å²) in [5.41, 5.74) is 1.11. The van der Waals surface area contributed by atoms with E-state index in [4.69, 9.17) is 21.1 Å². The van der Waals surface area contributed by atoms with Crippen LogP contribution in [0.25, 0.3) is 0 Å². The molecule has 0 amide bonds. The molecule has 1 aliphatic rings. The zero-order valence-corrected chi connectivity index (χ0v) is 13.5. The van der Waals surface area contributed by atoms with Crippen LogP contribution in [0.15, 0.2) is 17.1 Å². The number of fused-ring (bicyclic) bond motifs is 1. The standard InChI is InChI=1S/C15H22ClN3O2/c1-10(2)19-15(17-3)18-5-4-11-8-12(16)14-13(9-11)20-6-7-21-14/h8-10H,4-7H2,1-3H3,(H2,17,18,19). The van der Waals surface area contributed by atoms with Gasteiger partial charge in [-0.25, -0.2) is 0 Å². The van der Waals surface area contributed by atoms with Gasteiger partial charge in [-0.15, -0.1) is 0 Å². The van der Waals surface area contributed by atoms with Gasteiger partial charge >= 0.3 is 0 Å². The van der Waals surface area contributed by atoms with Crippen molar-refractivity contribution < 1.29 is 9.47 Å². The van der Waals surface area contributed by atoms with Crippen LogP contribution in [0.2, 0.25) is 5.02 Å². The Morgan fingerprint density at radius 2 is 2.10 bits per heavy atom. The van der Waals surface area contributed by atoms with Crippen LogP contribution in [0.4, 0.5) is 0 Å². The smallest absolute Gasteiger partial charge is 0.191 e. The van der Waals surface area contributed by atoms with Gasteiger partial charge in [0.05, 0.1) is 5.02 Å². The molecule has 0 radical (unpaired) electrons. The van der Waals surface area contributed by atoms with Crippen molar-refractivity contribution in [3.05, 3.63) is 22.7 Å². The summed E-state index contributed by atoms with van der Waals surface area (Å²) in [6.07, 6.45) is 0.829. The summed E-state index contributed by atoms with van der Waals surface area (Å²) >= 11 is 6.22. The fraction of sp³-hybridized carbons (Fsp3) is 0.533. The van der Waals surface area contributed by atoms with Crippen LogP contribution in [-0.4, -0.2) is 38.8 Å². The van der Waals surface area contributed by atoms with Gasteiger partial charge in [0.1, 0.15) is 13.2 Å². The average molecular weight is 312 g/mol. The van der Waals surface area contributed by atoms with Gasteiger partial charge in [-0.2, -0.15) is 0 Å². The summed E-state index contributed by atoms with van der Waals surface area (Å²) in [5, 5.41) is 7.12. The second-order valence-corrected chi connectivity index (χ2v) is 5.56. The highest BCUT2D eigenvalue weighted by molar-refractivity contribution is 6.32. The first kappa shape index (κ1) is 15.8. The van der Waals surface area contributed by atoms with Gasteiger partial charge in [-0.1, -0.05) is 11.6 Å². The lowest BCUT2D eigenvalue weighted by Crippen LogP contribution is -2.41. The van der Waals surface area contributed by atoms with Crippen molar-refractivity contribution in [1.82, 2.24) is 10.6 Å². The van der Waals surface area contributed by atoms with Crippen molar-refractivity contribution in [2.45, 2.75) is 26.3 Å². The van der Waals surface area contributed by atoms with Crippen molar-refractivity contribution in [3.63, 3.8) is 0 Å². The Hall–Kier alpha value is -1.62. The first-order valence-electron chi connectivity index (χ1n) is 7.15. The van der Waals surface area contributed by atoms with Crippen LogP contribution in [0.3, 0.4) is 0 Å². The molecule has 1 heterocycles. The van der Waals surface area contributed by atoms with E-state index in [0.29, 0.717) is 30.0 Å². The van der Waals surface area contributed by atoms with E-state index in [-0.39, 0.29) is 0 Å². The Labute approximate surface area is 130 Å². The Balaban J connectivity index is 1.93. The summed E-state index contributed by atoms with van der Waals surface area (Å²) in [7, 11) is 1.76. The van der Waals surface area contributed by atoms with E-state index in [2.05, 4.69) is 29.5 Å². The molecule has 1 aromatic rings. The van der Waals surface area contributed by atoms with Crippen molar-refractivity contribution >= 4 is 17.6 Å². The Kier molecular flexibility index (Phi) is 5.56. The molecule has 2 N–H and O–H groups in total. The highest BCUT2D eigenvalue weighted by Gasteiger charge is 2.16. The van der Waals surface area contributed by atoms with Crippen LogP contribution in [0.1, 0.15) is 19.4 Å². The third kappa shape index (κ3) is 4.43. The third-order valence-electron chi connectivity index (χ3n) is 3.01. The van der Waals surface area contributed by atoms with Gasteiger partial charge in [0.25, 0.3) is 0 Å². The molecule has 0 saturated carbocycles. The second-order valence-electron chi connectivity index (χ2n) is 5.15. The highest BCUT2D eigenvalue weighted by atomic mass is 35.5. The monoisotopic (exact) mass is 311 g/mol. The molecule has 0 aliphatic carbocycles. The maximum atomic E-state index is 6.22. The maximum absolute atomic E-state index is 6.22. The topological polar surface area (TPSA) is 54.9 Å². The molecule has 1 aliphatic heterocycles. The molecule has 0 bridgehead atoms. The molecular weight excluding hydrogens is 290 g/mol. The SMILES string of the molecule is CN=C(NCCc1cc(Cl)c2c(c1)OCCO2)NC(C)C. The van der Waals surface area contributed by atoms with E-state index in [1.54, 1.807) is 7.05 Å². The molecule has 0 atom stereocenters. The molecule has 0 spiro atoms. The number of guanidine groups is 1. The van der Waals surface area contributed by atoms with Crippen LogP contribution >= 0.6 is 11.6 Å². The largest absolute Gasteiger partial charge is 0.486 e. The van der Waals surface area contributed by atoms with E-state index in [1.807, 2.05) is 12.1 Å². The van der Waals surface area contributed by atoms with E-state index in [0.717, 1.165) is 30.2 Å². The van der Waals surface area contributed by atoms with Crippen LogP contribution < -0.4 is 20.1 Å². The number of hydrogen-bond donors (Lipinski definition) is 2. The van der Waals surface area contributed by atoms with E-state index in [9.17, 15) is 0 Å². The minimum Gasteiger partial charge on any atom is -0.486 e. The fourth-order valence-electron chi connectivity index (χ4n) is 2.10. The average Bonchev–Trinajstić information content (AvgIpc) is 2.46. The fourth-order valence-corrected chi connectivity index (χ4v) is 2.39. The summed E-state index contributed by atoms with van der Waals surface area (Å²) in [6, 6.07) is 4.26. The number of aliphatic imine (C=N–C) groups is 1. The lowest BCUT2D eigenvalue weighted by Gasteiger charge is -2.20. The Morgan fingerprint density at radius 3 is 2.81 bits per heavy atom. The van der Waals surface area contributed by atoms with Gasteiger partial charge in [-0.3, -0.25) is 4.99 Å². The Morgan fingerprint density at radius 1 is 1.33 bits per heavy atom. The molecule has 0 fully saturated rings. The minimum atomic E-state index is 0.347. The number of benzene rings is 1. The van der Waals surface area contributed by atoms with Gasteiger partial charge in [0.2, 0.25) is 0 Å². The molecule has 6 heteroatoms. The first-order valence-corrected chi connectivity index (χ1v) is 7.53. The lowest BCUT2D eigenvalue weighted by atomic mass is 10.1. The van der Waals surface area contributed by atoms with Crippen molar-refractivity contribution in [2.75, 3.05) is 26.8 Å². The highest BCUT2D eigenvalue weighted by Crippen LogP contribution is 2.38. The molecule has 0 aromatic heterocycles. The number of nitrogens with zero attached hydrogens (tertiary/aromatic N) is 1. The molecule has 1 aromatic carbocycles. The zero-order valence-electron chi connectivity index (χ0n) is 12.7. The Bertz CT molecular complexity index is 518. The van der Waals surface area contributed by atoms with Gasteiger partial charge in [0.15, 0.2) is 17.5 Å². The number of nitrogens with one attached hydrogen (secondary N) is 2. The van der Waals surface area contributed by atoms with E-state index >= 15 is 0 Å². The quantitative estimate of drug-likeness (QED) is 0.661. The van der Waals surface area contributed by atoms with Crippen molar-refractivity contribution in [3.8, 4) is 11.5 Å². The van der Waals surface area contributed by atoms with Crippen LogP contribution in [0.5, 0.6) is 11.5 Å². The van der Waals surface area contributed by atoms with Crippen LogP contribution in [0, 0.1) is 0 Å². The van der Waals surface area contributed by atoms with Crippen molar-refractivity contribution in [1.29, 1.82) is 0 Å². The summed E-state index contributed by atoms with van der Waals surface area (Å²) < 4.78 is 11.1. The van der Waals surface area contributed by atoms with E-state index in [1.165, 1.54) is 0 Å². The maximum Gasteiger partial charge on any atom is 0.191 e. The zero-order chi connectivity index (χ0) is 15.2. The molecule has 0 unspecified atom stereocenters. The van der Waals surface area contributed by atoms with Gasteiger partial charge in [0, 0.05) is 19.6 Å². The minimum absolute atomic E-state index is 0.347. The first-order chi connectivity index (χ1) is 10.1. The number of ether oxygens (including phenoxy) is 2. The van der Waals surface area contributed by atoms with Crippen molar-refractivity contribution in [2.24, 2.45) is 4.99 Å². The normalized spacial score (nSPS) is 14.2. The third-order valence-corrected chi connectivity index (χ3v) is 3.29. The predicted molar refractivity (Wildman–Crippen MR) is 85.8 cm³/mol. The molecule has 21 heavy (non-hydrogen) atoms. The van der Waals surface area contributed by atoms with Gasteiger partial charge in [-0.05, 0) is 38.0 Å². The molecule has 0 saturated heterocycles. The van der Waals surface area contributed by atoms with Crippen LogP contribution in [-0.2, 0) is 6.42 Å². The lowest BCUT2D eigenvalue weighted by molar-refractivity contribution is 0.171. The summed E-state index contributed by atoms with van der Waals surface area (Å²) in [4.78, 5) is 4.17.